The van der Waals surface area contributed by atoms with E-state index in [1.165, 1.54) is 0 Å². The van der Waals surface area contributed by atoms with Gasteiger partial charge in [0, 0.05) is 6.07 Å². The number of halogens is 2. The van der Waals surface area contributed by atoms with Crippen molar-refractivity contribution in [2.75, 3.05) is 5.32 Å². The van der Waals surface area contributed by atoms with Crippen LogP contribution in [0.2, 0.25) is 10.0 Å². The van der Waals surface area contributed by atoms with Gasteiger partial charge in [-0.05, 0) is 31.5 Å². The summed E-state index contributed by atoms with van der Waals surface area (Å²) < 4.78 is 7.42. The lowest BCUT2D eigenvalue weighted by molar-refractivity contribution is -0.122. The number of rotatable bonds is 6. The molecule has 3 rings (SSSR count). The molecule has 1 N–H and O–H groups in total. The van der Waals surface area contributed by atoms with Gasteiger partial charge in [-0.2, -0.15) is 5.10 Å². The fraction of sp³-hybridized carbons (Fsp3) is 0.200. The molecule has 1 amide bonds. The van der Waals surface area contributed by atoms with Crippen molar-refractivity contribution in [2.45, 2.75) is 26.5 Å². The monoisotopic (exact) mass is 403 g/mol. The molecule has 0 aliphatic carbocycles. The Bertz CT molecular complexity index is 942. The summed E-state index contributed by atoms with van der Waals surface area (Å²) >= 11 is 12.1. The molecule has 0 spiro atoms. The number of aryl methyl sites for hydroxylation is 1. The zero-order chi connectivity index (χ0) is 19.4. The van der Waals surface area contributed by atoms with Gasteiger partial charge in [0.1, 0.15) is 16.6 Å². The van der Waals surface area contributed by atoms with Gasteiger partial charge in [-0.15, -0.1) is 0 Å². The number of ether oxygens (including phenoxy) is 1. The van der Waals surface area contributed by atoms with Crippen LogP contribution in [0.1, 0.15) is 18.2 Å². The molecule has 0 fully saturated rings. The molecule has 0 aliphatic heterocycles. The average Bonchev–Trinajstić information content (AvgIpc) is 2.98. The normalized spacial score (nSPS) is 11.9. The van der Waals surface area contributed by atoms with E-state index in [0.717, 1.165) is 11.3 Å². The highest BCUT2D eigenvalue weighted by Crippen LogP contribution is 2.32. The van der Waals surface area contributed by atoms with Crippen LogP contribution in [0.15, 0.2) is 54.6 Å². The maximum absolute atomic E-state index is 12.6. The summed E-state index contributed by atoms with van der Waals surface area (Å²) in [6, 6.07) is 16.8. The molecule has 7 heteroatoms. The van der Waals surface area contributed by atoms with E-state index in [1.807, 2.05) is 43.3 Å². The second kappa shape index (κ2) is 8.46. The number of benzene rings is 2. The van der Waals surface area contributed by atoms with Crippen molar-refractivity contribution in [3.05, 3.63) is 75.9 Å². The third-order valence-corrected chi connectivity index (χ3v) is 4.72. The van der Waals surface area contributed by atoms with Gasteiger partial charge in [0.05, 0.1) is 17.3 Å². The standard InChI is InChI=1S/C20H19Cl2N3O2/c1-13-11-18(25(24-13)12-15-7-4-3-5-8-15)23-20(26)14(2)27-17-10-6-9-16(21)19(17)22/h3-11,14H,12H2,1-2H3,(H,23,26). The Morgan fingerprint density at radius 1 is 1.19 bits per heavy atom. The fourth-order valence-electron chi connectivity index (χ4n) is 2.57. The van der Waals surface area contributed by atoms with Crippen LogP contribution in [0.4, 0.5) is 5.82 Å². The molecule has 1 aromatic heterocycles. The van der Waals surface area contributed by atoms with Crippen LogP contribution in [-0.2, 0) is 11.3 Å². The summed E-state index contributed by atoms with van der Waals surface area (Å²) in [5, 5.41) is 7.97. The highest BCUT2D eigenvalue weighted by molar-refractivity contribution is 6.42. The summed E-state index contributed by atoms with van der Waals surface area (Å²) in [7, 11) is 0. The molecule has 1 heterocycles. The Balaban J connectivity index is 1.71. The van der Waals surface area contributed by atoms with Gasteiger partial charge in [0.2, 0.25) is 0 Å². The zero-order valence-corrected chi connectivity index (χ0v) is 16.5. The van der Waals surface area contributed by atoms with Crippen molar-refractivity contribution in [1.82, 2.24) is 9.78 Å². The summed E-state index contributed by atoms with van der Waals surface area (Å²) in [6.45, 7) is 4.08. The molecule has 0 radical (unpaired) electrons. The minimum absolute atomic E-state index is 0.281. The molecule has 5 nitrogen and oxygen atoms in total. The number of carbonyl (C=O) groups is 1. The smallest absolute Gasteiger partial charge is 0.266 e. The van der Waals surface area contributed by atoms with Gasteiger partial charge in [0.15, 0.2) is 6.10 Å². The third kappa shape index (κ3) is 4.81. The number of hydrogen-bond donors (Lipinski definition) is 1. The lowest BCUT2D eigenvalue weighted by Gasteiger charge is -2.16. The Labute approximate surface area is 167 Å². The summed E-state index contributed by atoms with van der Waals surface area (Å²) in [6.07, 6.45) is -0.763. The Hall–Kier alpha value is -2.50. The lowest BCUT2D eigenvalue weighted by Crippen LogP contribution is -2.31. The highest BCUT2D eigenvalue weighted by atomic mass is 35.5. The first kappa shape index (κ1) is 19.3. The summed E-state index contributed by atoms with van der Waals surface area (Å²) in [5.41, 5.74) is 1.90. The second-order valence-corrected chi connectivity index (χ2v) is 6.90. The van der Waals surface area contributed by atoms with E-state index >= 15 is 0 Å². The predicted molar refractivity (Wildman–Crippen MR) is 108 cm³/mol. The predicted octanol–water partition coefficient (Wildman–Crippen LogP) is 4.95. The Kier molecular flexibility index (Phi) is 6.04. The zero-order valence-electron chi connectivity index (χ0n) is 14.9. The maximum Gasteiger partial charge on any atom is 0.266 e. The minimum Gasteiger partial charge on any atom is -0.479 e. The first-order valence-electron chi connectivity index (χ1n) is 8.44. The first-order valence-corrected chi connectivity index (χ1v) is 9.19. The van der Waals surface area contributed by atoms with Crippen molar-refractivity contribution in [3.63, 3.8) is 0 Å². The quantitative estimate of drug-likeness (QED) is 0.632. The van der Waals surface area contributed by atoms with Gasteiger partial charge in [-0.1, -0.05) is 59.6 Å². The van der Waals surface area contributed by atoms with Crippen molar-refractivity contribution in [3.8, 4) is 5.75 Å². The molecular formula is C20H19Cl2N3O2. The molecule has 1 unspecified atom stereocenters. The number of nitrogens with zero attached hydrogens (tertiary/aromatic N) is 2. The minimum atomic E-state index is -0.763. The van der Waals surface area contributed by atoms with Gasteiger partial charge < -0.3 is 10.1 Å². The largest absolute Gasteiger partial charge is 0.479 e. The van der Waals surface area contributed by atoms with E-state index in [-0.39, 0.29) is 10.9 Å². The van der Waals surface area contributed by atoms with E-state index in [9.17, 15) is 4.79 Å². The second-order valence-electron chi connectivity index (χ2n) is 6.12. The third-order valence-electron chi connectivity index (χ3n) is 3.92. The molecule has 27 heavy (non-hydrogen) atoms. The molecule has 140 valence electrons. The molecule has 0 bridgehead atoms. The number of amides is 1. The Morgan fingerprint density at radius 3 is 2.67 bits per heavy atom. The lowest BCUT2D eigenvalue weighted by atomic mass is 10.2. The van der Waals surface area contributed by atoms with Crippen LogP contribution in [0.5, 0.6) is 5.75 Å². The maximum atomic E-state index is 12.6. The molecule has 2 aromatic carbocycles. The van der Waals surface area contributed by atoms with Crippen molar-refractivity contribution in [1.29, 1.82) is 0 Å². The number of hydrogen-bond acceptors (Lipinski definition) is 3. The average molecular weight is 404 g/mol. The van der Waals surface area contributed by atoms with E-state index in [2.05, 4.69) is 10.4 Å². The molecule has 0 aliphatic rings. The first-order chi connectivity index (χ1) is 12.9. The number of anilines is 1. The van der Waals surface area contributed by atoms with Crippen LogP contribution in [-0.4, -0.2) is 21.8 Å². The summed E-state index contributed by atoms with van der Waals surface area (Å²) in [5.74, 6) is 0.662. The van der Waals surface area contributed by atoms with E-state index in [1.54, 1.807) is 29.8 Å². The van der Waals surface area contributed by atoms with E-state index in [4.69, 9.17) is 27.9 Å². The molecule has 1 atom stereocenters. The van der Waals surface area contributed by atoms with Crippen molar-refractivity contribution in [2.24, 2.45) is 0 Å². The number of aromatic nitrogens is 2. The van der Waals surface area contributed by atoms with Crippen LogP contribution in [0.3, 0.4) is 0 Å². The Morgan fingerprint density at radius 2 is 1.93 bits per heavy atom. The highest BCUT2D eigenvalue weighted by Gasteiger charge is 2.19. The number of nitrogens with one attached hydrogen (secondary N) is 1. The van der Waals surface area contributed by atoms with Crippen LogP contribution in [0.25, 0.3) is 0 Å². The van der Waals surface area contributed by atoms with Crippen molar-refractivity contribution >= 4 is 34.9 Å². The van der Waals surface area contributed by atoms with Gasteiger partial charge in [-0.3, -0.25) is 4.79 Å². The topological polar surface area (TPSA) is 56.1 Å². The number of carbonyl (C=O) groups excluding carboxylic acids is 1. The van der Waals surface area contributed by atoms with Gasteiger partial charge in [0.25, 0.3) is 5.91 Å². The fourth-order valence-corrected chi connectivity index (χ4v) is 2.91. The molecular weight excluding hydrogens is 385 g/mol. The molecule has 0 saturated heterocycles. The van der Waals surface area contributed by atoms with Crippen LogP contribution in [0, 0.1) is 6.92 Å². The van der Waals surface area contributed by atoms with Gasteiger partial charge >= 0.3 is 0 Å². The van der Waals surface area contributed by atoms with E-state index < -0.39 is 6.10 Å². The van der Waals surface area contributed by atoms with Gasteiger partial charge in [-0.25, -0.2) is 4.68 Å². The van der Waals surface area contributed by atoms with Crippen LogP contribution < -0.4 is 10.1 Å². The van der Waals surface area contributed by atoms with E-state index in [0.29, 0.717) is 23.1 Å². The molecule has 3 aromatic rings. The van der Waals surface area contributed by atoms with Crippen LogP contribution >= 0.6 is 23.2 Å². The SMILES string of the molecule is Cc1cc(NC(=O)C(C)Oc2cccc(Cl)c2Cl)n(Cc2ccccc2)n1. The van der Waals surface area contributed by atoms with Crippen molar-refractivity contribution < 1.29 is 9.53 Å². The molecule has 0 saturated carbocycles. The summed E-state index contributed by atoms with van der Waals surface area (Å²) in [4.78, 5) is 12.6.